The van der Waals surface area contributed by atoms with E-state index in [0.29, 0.717) is 24.9 Å². The second-order valence-electron chi connectivity index (χ2n) is 6.40. The molecule has 5 heteroatoms. The first-order valence-electron chi connectivity index (χ1n) is 8.01. The van der Waals surface area contributed by atoms with Crippen molar-refractivity contribution >= 4 is 11.8 Å². The molecule has 0 saturated carbocycles. The number of amides is 2. The third-order valence-electron chi connectivity index (χ3n) is 5.10. The molecule has 0 aromatic heterocycles. The number of nitrogens with one attached hydrogen (secondary N) is 1. The quantitative estimate of drug-likeness (QED) is 0.823. The van der Waals surface area contributed by atoms with Gasteiger partial charge < -0.3 is 15.1 Å². The molecule has 0 aliphatic carbocycles. The topological polar surface area (TPSA) is 52.7 Å². The highest BCUT2D eigenvalue weighted by Gasteiger charge is 2.41. The molecule has 4 aliphatic rings. The molecule has 2 atom stereocenters. The van der Waals surface area contributed by atoms with Gasteiger partial charge in [-0.2, -0.15) is 0 Å². The van der Waals surface area contributed by atoms with Crippen LogP contribution in [0.25, 0.3) is 0 Å². The molecule has 2 amide bonds. The van der Waals surface area contributed by atoms with Crippen molar-refractivity contribution in [2.24, 2.45) is 5.92 Å². The van der Waals surface area contributed by atoms with Crippen molar-refractivity contribution in [1.29, 1.82) is 0 Å². The minimum Gasteiger partial charge on any atom is -0.344 e. The zero-order chi connectivity index (χ0) is 14.1. The standard InChI is InChI=1S/C15H25N3O2/c1-2-3-12-15(20)18(9-6-14(19)16-12)13-10-17-7-4-11(13)5-8-17/h11-13H,2-10H2,1H3,(H,16,19). The Balaban J connectivity index is 1.76. The molecule has 4 saturated heterocycles. The van der Waals surface area contributed by atoms with Gasteiger partial charge in [0.15, 0.2) is 0 Å². The third kappa shape index (κ3) is 2.55. The Kier molecular flexibility index (Phi) is 3.96. The van der Waals surface area contributed by atoms with Gasteiger partial charge in [-0.25, -0.2) is 0 Å². The fraction of sp³-hybridized carbons (Fsp3) is 0.867. The van der Waals surface area contributed by atoms with E-state index in [9.17, 15) is 9.59 Å². The van der Waals surface area contributed by atoms with E-state index >= 15 is 0 Å². The number of hydrogen-bond acceptors (Lipinski definition) is 3. The van der Waals surface area contributed by atoms with Gasteiger partial charge in [0.1, 0.15) is 6.04 Å². The average Bonchev–Trinajstić information content (AvgIpc) is 2.61. The van der Waals surface area contributed by atoms with E-state index in [4.69, 9.17) is 0 Å². The first kappa shape index (κ1) is 13.9. The highest BCUT2D eigenvalue weighted by Crippen LogP contribution is 2.32. The summed E-state index contributed by atoms with van der Waals surface area (Å²) in [6, 6.07) is 0.0301. The largest absolute Gasteiger partial charge is 0.344 e. The number of carbonyl (C=O) groups excluding carboxylic acids is 2. The van der Waals surface area contributed by atoms with Crippen LogP contribution < -0.4 is 5.32 Å². The van der Waals surface area contributed by atoms with Gasteiger partial charge in [-0.1, -0.05) is 13.3 Å². The summed E-state index contributed by atoms with van der Waals surface area (Å²) in [6.45, 7) is 6.02. The average molecular weight is 279 g/mol. The lowest BCUT2D eigenvalue weighted by Crippen LogP contribution is -2.60. The maximum absolute atomic E-state index is 12.7. The van der Waals surface area contributed by atoms with Gasteiger partial charge in [0.25, 0.3) is 0 Å². The molecule has 5 nitrogen and oxygen atoms in total. The summed E-state index contributed by atoms with van der Waals surface area (Å²) in [5.41, 5.74) is 0. The molecular weight excluding hydrogens is 254 g/mol. The molecular formula is C15H25N3O2. The second kappa shape index (κ2) is 5.72. The lowest BCUT2D eigenvalue weighted by atomic mass is 9.83. The van der Waals surface area contributed by atoms with Gasteiger partial charge in [-0.3, -0.25) is 9.59 Å². The molecule has 4 fully saturated rings. The van der Waals surface area contributed by atoms with Crippen LogP contribution in [0.3, 0.4) is 0 Å². The maximum atomic E-state index is 12.7. The Bertz CT molecular complexity index is 391. The minimum atomic E-state index is -0.301. The van der Waals surface area contributed by atoms with Crippen LogP contribution in [0.2, 0.25) is 0 Å². The Morgan fingerprint density at radius 2 is 1.95 bits per heavy atom. The van der Waals surface area contributed by atoms with Crippen LogP contribution in [0.1, 0.15) is 39.0 Å². The molecule has 0 aromatic rings. The minimum absolute atomic E-state index is 0.0283. The van der Waals surface area contributed by atoms with Gasteiger partial charge in [-0.05, 0) is 38.3 Å². The molecule has 0 spiro atoms. The van der Waals surface area contributed by atoms with E-state index in [-0.39, 0.29) is 17.9 Å². The number of carbonyl (C=O) groups is 2. The lowest BCUT2D eigenvalue weighted by molar-refractivity contribution is -0.139. The van der Waals surface area contributed by atoms with Crippen molar-refractivity contribution in [3.8, 4) is 0 Å². The molecule has 0 radical (unpaired) electrons. The summed E-state index contributed by atoms with van der Waals surface area (Å²) in [5.74, 6) is 0.816. The van der Waals surface area contributed by atoms with Crippen molar-refractivity contribution in [3.63, 3.8) is 0 Å². The predicted molar refractivity (Wildman–Crippen MR) is 76.1 cm³/mol. The monoisotopic (exact) mass is 279 g/mol. The first-order chi connectivity index (χ1) is 9.69. The fourth-order valence-electron chi connectivity index (χ4n) is 3.96. The van der Waals surface area contributed by atoms with Crippen molar-refractivity contribution in [1.82, 2.24) is 15.1 Å². The zero-order valence-corrected chi connectivity index (χ0v) is 12.3. The third-order valence-corrected chi connectivity index (χ3v) is 5.10. The molecule has 2 bridgehead atoms. The van der Waals surface area contributed by atoms with Crippen LogP contribution in [-0.4, -0.2) is 59.9 Å². The van der Waals surface area contributed by atoms with E-state index in [1.54, 1.807) is 0 Å². The number of rotatable bonds is 3. The lowest BCUT2D eigenvalue weighted by Gasteiger charge is -2.49. The summed E-state index contributed by atoms with van der Waals surface area (Å²) >= 11 is 0. The number of hydrogen-bond donors (Lipinski definition) is 1. The van der Waals surface area contributed by atoms with E-state index in [1.807, 2.05) is 4.90 Å². The number of nitrogens with zero attached hydrogens (tertiary/aromatic N) is 2. The van der Waals surface area contributed by atoms with Crippen LogP contribution in [-0.2, 0) is 9.59 Å². The zero-order valence-electron chi connectivity index (χ0n) is 12.3. The molecule has 4 aliphatic heterocycles. The summed E-state index contributed by atoms with van der Waals surface area (Å²) < 4.78 is 0. The Morgan fingerprint density at radius 3 is 2.55 bits per heavy atom. The molecule has 4 heterocycles. The Morgan fingerprint density at radius 1 is 1.20 bits per heavy atom. The van der Waals surface area contributed by atoms with Crippen molar-refractivity contribution in [3.05, 3.63) is 0 Å². The van der Waals surface area contributed by atoms with E-state index in [1.165, 1.54) is 25.9 Å². The van der Waals surface area contributed by atoms with Crippen LogP contribution in [0.5, 0.6) is 0 Å². The molecule has 20 heavy (non-hydrogen) atoms. The fourth-order valence-corrected chi connectivity index (χ4v) is 3.96. The maximum Gasteiger partial charge on any atom is 0.245 e. The van der Waals surface area contributed by atoms with Crippen molar-refractivity contribution in [2.75, 3.05) is 26.2 Å². The van der Waals surface area contributed by atoms with Crippen LogP contribution in [0.15, 0.2) is 0 Å². The Hall–Kier alpha value is -1.10. The molecule has 4 rings (SSSR count). The van der Waals surface area contributed by atoms with Gasteiger partial charge in [0, 0.05) is 25.6 Å². The summed E-state index contributed by atoms with van der Waals surface area (Å²) in [7, 11) is 0. The highest BCUT2D eigenvalue weighted by molar-refractivity contribution is 5.90. The van der Waals surface area contributed by atoms with Gasteiger partial charge in [0.05, 0.1) is 0 Å². The Labute approximate surface area is 120 Å². The number of piperidine rings is 3. The van der Waals surface area contributed by atoms with E-state index in [0.717, 1.165) is 19.4 Å². The first-order valence-corrected chi connectivity index (χ1v) is 8.01. The van der Waals surface area contributed by atoms with Crippen molar-refractivity contribution < 1.29 is 9.59 Å². The molecule has 112 valence electrons. The van der Waals surface area contributed by atoms with Gasteiger partial charge in [0.2, 0.25) is 11.8 Å². The number of fused-ring (bicyclic) bond motifs is 3. The molecule has 1 N–H and O–H groups in total. The van der Waals surface area contributed by atoms with E-state index in [2.05, 4.69) is 17.1 Å². The summed E-state index contributed by atoms with van der Waals surface area (Å²) in [4.78, 5) is 29.0. The van der Waals surface area contributed by atoms with Crippen LogP contribution >= 0.6 is 0 Å². The molecule has 0 aromatic carbocycles. The van der Waals surface area contributed by atoms with Crippen molar-refractivity contribution in [2.45, 2.75) is 51.1 Å². The van der Waals surface area contributed by atoms with Gasteiger partial charge >= 0.3 is 0 Å². The highest BCUT2D eigenvalue weighted by atomic mass is 16.2. The van der Waals surface area contributed by atoms with Crippen LogP contribution in [0.4, 0.5) is 0 Å². The van der Waals surface area contributed by atoms with E-state index < -0.39 is 0 Å². The predicted octanol–water partition coefficient (Wildman–Crippen LogP) is 0.598. The molecule has 2 unspecified atom stereocenters. The SMILES string of the molecule is CCCC1NC(=O)CCN(C2CN3CCC2CC3)C1=O. The summed E-state index contributed by atoms with van der Waals surface area (Å²) in [6.07, 6.45) is 4.53. The normalized spacial score (nSPS) is 37.8. The summed E-state index contributed by atoms with van der Waals surface area (Å²) in [5, 5.41) is 2.90. The van der Waals surface area contributed by atoms with Crippen LogP contribution in [0, 0.1) is 5.92 Å². The second-order valence-corrected chi connectivity index (χ2v) is 6.40. The van der Waals surface area contributed by atoms with Gasteiger partial charge in [-0.15, -0.1) is 0 Å². The smallest absolute Gasteiger partial charge is 0.245 e.